The van der Waals surface area contributed by atoms with Crippen LogP contribution in [0, 0.1) is 0 Å². The Bertz CT molecular complexity index is 333. The predicted octanol–water partition coefficient (Wildman–Crippen LogP) is 2.21. The fourth-order valence-electron chi connectivity index (χ4n) is 2.03. The molecule has 0 spiro atoms. The van der Waals surface area contributed by atoms with Gasteiger partial charge in [0.1, 0.15) is 5.75 Å². The van der Waals surface area contributed by atoms with E-state index >= 15 is 0 Å². The van der Waals surface area contributed by atoms with E-state index in [4.69, 9.17) is 9.47 Å². The van der Waals surface area contributed by atoms with Gasteiger partial charge in [0, 0.05) is 25.1 Å². The molecule has 0 aliphatic rings. The minimum atomic E-state index is 0.325. The maximum Gasteiger partial charge on any atom is 0.122 e. The van der Waals surface area contributed by atoms with Crippen LogP contribution in [0.2, 0.25) is 0 Å². The Kier molecular flexibility index (Phi) is 6.01. The second-order valence-electron chi connectivity index (χ2n) is 4.14. The van der Waals surface area contributed by atoms with E-state index in [1.54, 1.807) is 14.2 Å². The topological polar surface area (TPSA) is 30.5 Å². The molecule has 0 aliphatic heterocycles. The lowest BCUT2D eigenvalue weighted by atomic mass is 9.96. The first-order valence-electron chi connectivity index (χ1n) is 6.07. The van der Waals surface area contributed by atoms with Gasteiger partial charge in [-0.15, -0.1) is 0 Å². The van der Waals surface area contributed by atoms with Crippen LogP contribution in [0.25, 0.3) is 0 Å². The van der Waals surface area contributed by atoms with Gasteiger partial charge >= 0.3 is 0 Å². The Morgan fingerprint density at radius 3 is 2.59 bits per heavy atom. The molecular formula is C14H23NO2. The maximum atomic E-state index is 5.44. The second kappa shape index (κ2) is 7.30. The lowest BCUT2D eigenvalue weighted by molar-refractivity contribution is 0.177. The number of hydrogen-bond donors (Lipinski definition) is 1. The van der Waals surface area contributed by atoms with Gasteiger partial charge in [-0.2, -0.15) is 0 Å². The molecule has 1 N–H and O–H groups in total. The van der Waals surface area contributed by atoms with Gasteiger partial charge in [-0.3, -0.25) is 0 Å². The van der Waals surface area contributed by atoms with E-state index < -0.39 is 0 Å². The van der Waals surface area contributed by atoms with Crippen molar-refractivity contribution in [2.24, 2.45) is 0 Å². The Morgan fingerprint density at radius 2 is 2.06 bits per heavy atom. The average molecular weight is 237 g/mol. The van der Waals surface area contributed by atoms with Crippen molar-refractivity contribution in [3.05, 3.63) is 29.3 Å². The summed E-state index contributed by atoms with van der Waals surface area (Å²) in [4.78, 5) is 0. The summed E-state index contributed by atoms with van der Waals surface area (Å²) in [5, 5.41) is 3.20. The zero-order chi connectivity index (χ0) is 12.7. The fourth-order valence-corrected chi connectivity index (χ4v) is 2.03. The van der Waals surface area contributed by atoms with E-state index in [-0.39, 0.29) is 0 Å². The summed E-state index contributed by atoms with van der Waals surface area (Å²) in [6.45, 7) is 3.75. The van der Waals surface area contributed by atoms with Crippen molar-refractivity contribution in [3.63, 3.8) is 0 Å². The summed E-state index contributed by atoms with van der Waals surface area (Å²) in [6, 6.07) is 6.39. The van der Waals surface area contributed by atoms with Gasteiger partial charge in [-0.05, 0) is 25.1 Å². The minimum absolute atomic E-state index is 0.325. The van der Waals surface area contributed by atoms with Crippen molar-refractivity contribution < 1.29 is 9.47 Å². The molecule has 0 fully saturated rings. The highest BCUT2D eigenvalue weighted by Gasteiger charge is 2.15. The zero-order valence-corrected chi connectivity index (χ0v) is 11.2. The summed E-state index contributed by atoms with van der Waals surface area (Å²) >= 11 is 0. The molecule has 1 unspecified atom stereocenters. The van der Waals surface area contributed by atoms with E-state index in [0.717, 1.165) is 18.7 Å². The van der Waals surface area contributed by atoms with Gasteiger partial charge in [0.05, 0.1) is 13.7 Å². The van der Waals surface area contributed by atoms with E-state index in [0.29, 0.717) is 12.5 Å². The molecular weight excluding hydrogens is 214 g/mol. The molecule has 0 radical (unpaired) electrons. The molecule has 3 nitrogen and oxygen atoms in total. The highest BCUT2D eigenvalue weighted by molar-refractivity contribution is 5.40. The summed E-state index contributed by atoms with van der Waals surface area (Å²) in [5.74, 6) is 1.27. The molecule has 1 atom stereocenters. The number of ether oxygens (including phenoxy) is 2. The molecule has 1 rings (SSSR count). The Balaban J connectivity index is 3.04. The lowest BCUT2D eigenvalue weighted by Gasteiger charge is -2.19. The minimum Gasteiger partial charge on any atom is -0.496 e. The largest absolute Gasteiger partial charge is 0.496 e. The molecule has 3 heteroatoms. The number of benzene rings is 1. The number of likely N-dealkylation sites (N-methyl/N-ethyl adjacent to an activating group) is 1. The summed E-state index contributed by atoms with van der Waals surface area (Å²) in [7, 11) is 5.41. The van der Waals surface area contributed by atoms with E-state index in [1.165, 1.54) is 11.1 Å². The first-order valence-corrected chi connectivity index (χ1v) is 6.07. The van der Waals surface area contributed by atoms with Crippen LogP contribution < -0.4 is 10.1 Å². The molecule has 0 heterocycles. The van der Waals surface area contributed by atoms with Crippen LogP contribution in [0.1, 0.15) is 24.0 Å². The van der Waals surface area contributed by atoms with Crippen LogP contribution in [0.15, 0.2) is 18.2 Å². The first-order chi connectivity index (χ1) is 8.26. The number of methoxy groups -OCH3 is 2. The van der Waals surface area contributed by atoms with Crippen LogP contribution in [0.5, 0.6) is 5.75 Å². The Morgan fingerprint density at radius 1 is 1.29 bits per heavy atom. The number of rotatable bonds is 7. The van der Waals surface area contributed by atoms with Crippen molar-refractivity contribution >= 4 is 0 Å². The van der Waals surface area contributed by atoms with Gasteiger partial charge in [0.2, 0.25) is 0 Å². The van der Waals surface area contributed by atoms with Crippen molar-refractivity contribution in [2.45, 2.75) is 19.3 Å². The third kappa shape index (κ3) is 3.72. The Hall–Kier alpha value is -1.06. The van der Waals surface area contributed by atoms with Crippen LogP contribution in [0.4, 0.5) is 0 Å². The molecule has 0 saturated heterocycles. The maximum absolute atomic E-state index is 5.44. The van der Waals surface area contributed by atoms with E-state index in [9.17, 15) is 0 Å². The average Bonchev–Trinajstić information content (AvgIpc) is 2.37. The van der Waals surface area contributed by atoms with Crippen LogP contribution in [-0.2, 0) is 11.2 Å². The van der Waals surface area contributed by atoms with E-state index in [2.05, 4.69) is 24.4 Å². The van der Waals surface area contributed by atoms with E-state index in [1.807, 2.05) is 13.1 Å². The molecule has 0 saturated carbocycles. The second-order valence-corrected chi connectivity index (χ2v) is 4.14. The SMILES string of the molecule is CCc1ccc(OC)c(C(CNC)COC)c1. The molecule has 96 valence electrons. The normalized spacial score (nSPS) is 12.5. The highest BCUT2D eigenvalue weighted by atomic mass is 16.5. The number of aryl methyl sites for hydroxylation is 1. The standard InChI is InChI=1S/C14H23NO2/c1-5-11-6-7-14(17-4)13(8-11)12(9-15-2)10-16-3/h6-8,12,15H,5,9-10H2,1-4H3. The molecule has 1 aromatic rings. The molecule has 0 aromatic heterocycles. The smallest absolute Gasteiger partial charge is 0.122 e. The van der Waals surface area contributed by atoms with Crippen LogP contribution in [-0.4, -0.2) is 34.4 Å². The predicted molar refractivity (Wildman–Crippen MR) is 70.9 cm³/mol. The number of hydrogen-bond acceptors (Lipinski definition) is 3. The lowest BCUT2D eigenvalue weighted by Crippen LogP contribution is -2.21. The molecule has 17 heavy (non-hydrogen) atoms. The van der Waals surface area contributed by atoms with Crippen LogP contribution in [0.3, 0.4) is 0 Å². The first kappa shape index (κ1) is 14.0. The van der Waals surface area contributed by atoms with Crippen molar-refractivity contribution in [3.8, 4) is 5.75 Å². The summed E-state index contributed by atoms with van der Waals surface area (Å²) in [5.41, 5.74) is 2.56. The van der Waals surface area contributed by atoms with Crippen molar-refractivity contribution in [2.75, 3.05) is 34.4 Å². The highest BCUT2D eigenvalue weighted by Crippen LogP contribution is 2.28. The summed E-state index contributed by atoms with van der Waals surface area (Å²) in [6.07, 6.45) is 1.04. The van der Waals surface area contributed by atoms with Gasteiger partial charge in [-0.25, -0.2) is 0 Å². The van der Waals surface area contributed by atoms with Gasteiger partial charge < -0.3 is 14.8 Å². The van der Waals surface area contributed by atoms with Gasteiger partial charge in [0.15, 0.2) is 0 Å². The van der Waals surface area contributed by atoms with Crippen LogP contribution >= 0.6 is 0 Å². The molecule has 0 aliphatic carbocycles. The third-order valence-electron chi connectivity index (χ3n) is 2.96. The fraction of sp³-hybridized carbons (Fsp3) is 0.571. The number of nitrogens with one attached hydrogen (secondary N) is 1. The third-order valence-corrected chi connectivity index (χ3v) is 2.96. The van der Waals surface area contributed by atoms with Gasteiger partial charge in [0.25, 0.3) is 0 Å². The van der Waals surface area contributed by atoms with Crippen molar-refractivity contribution in [1.82, 2.24) is 5.32 Å². The molecule has 0 amide bonds. The monoisotopic (exact) mass is 237 g/mol. The van der Waals surface area contributed by atoms with Crippen molar-refractivity contribution in [1.29, 1.82) is 0 Å². The summed E-state index contributed by atoms with van der Waals surface area (Å²) < 4.78 is 10.7. The Labute approximate surface area is 104 Å². The van der Waals surface area contributed by atoms with Gasteiger partial charge in [-0.1, -0.05) is 19.1 Å². The quantitative estimate of drug-likeness (QED) is 0.788. The molecule has 1 aromatic carbocycles. The molecule has 0 bridgehead atoms. The zero-order valence-electron chi connectivity index (χ0n) is 11.2.